The number of allylic oxidation sites excluding steroid dienone is 4. The molecule has 1 aliphatic carbocycles. The Morgan fingerprint density at radius 3 is 1.68 bits per heavy atom. The second-order valence-electron chi connectivity index (χ2n) is 5.80. The average molecular weight is 286 g/mol. The van der Waals surface area contributed by atoms with Crippen LogP contribution in [0, 0.1) is 5.92 Å². The fraction of sp³-hybridized carbons (Fsp3) is 0.182. The van der Waals surface area contributed by atoms with Crippen LogP contribution in [0.4, 0.5) is 0 Å². The molecule has 110 valence electrons. The van der Waals surface area contributed by atoms with Crippen molar-refractivity contribution in [3.8, 4) is 0 Å². The van der Waals surface area contributed by atoms with Gasteiger partial charge >= 0.3 is 0 Å². The maximum atomic E-state index is 2.41. The van der Waals surface area contributed by atoms with E-state index in [2.05, 4.69) is 91.0 Å². The summed E-state index contributed by atoms with van der Waals surface area (Å²) < 4.78 is 0. The smallest absolute Gasteiger partial charge is 0.00122 e. The normalized spacial score (nSPS) is 15.4. The van der Waals surface area contributed by atoms with Gasteiger partial charge in [-0.3, -0.25) is 0 Å². The van der Waals surface area contributed by atoms with Crippen molar-refractivity contribution < 1.29 is 0 Å². The van der Waals surface area contributed by atoms with Gasteiger partial charge in [-0.25, -0.2) is 0 Å². The first-order chi connectivity index (χ1) is 10.9. The molecule has 0 atom stereocenters. The third kappa shape index (κ3) is 4.89. The molecule has 1 aliphatic rings. The Morgan fingerprint density at radius 2 is 1.23 bits per heavy atom. The highest BCUT2D eigenvalue weighted by Gasteiger charge is 2.10. The molecule has 0 heterocycles. The van der Waals surface area contributed by atoms with Crippen molar-refractivity contribution in [2.75, 3.05) is 0 Å². The topological polar surface area (TPSA) is 0 Å². The standard InChI is InChI=1S/C22H22/c1-3-7-19(8-4-1)11-13-21(15-16-22-17-18-22)14-12-20-9-5-2-6-10-20/h1-14,16,21H,15,17-18H2. The van der Waals surface area contributed by atoms with E-state index < -0.39 is 0 Å². The third-order valence-electron chi connectivity index (χ3n) is 3.89. The lowest BCUT2D eigenvalue weighted by Crippen LogP contribution is -1.89. The maximum Gasteiger partial charge on any atom is -0.00122 e. The summed E-state index contributed by atoms with van der Waals surface area (Å²) >= 11 is 0. The molecule has 2 aromatic carbocycles. The molecule has 0 radical (unpaired) electrons. The van der Waals surface area contributed by atoms with Crippen molar-refractivity contribution in [2.45, 2.75) is 19.3 Å². The van der Waals surface area contributed by atoms with Crippen LogP contribution < -0.4 is 0 Å². The Labute approximate surface area is 133 Å². The zero-order valence-corrected chi connectivity index (χ0v) is 12.9. The van der Waals surface area contributed by atoms with Gasteiger partial charge in [-0.05, 0) is 36.3 Å². The zero-order valence-electron chi connectivity index (χ0n) is 12.9. The minimum atomic E-state index is 0.452. The Balaban J connectivity index is 1.70. The first-order valence-electron chi connectivity index (χ1n) is 8.04. The second-order valence-corrected chi connectivity index (χ2v) is 5.80. The fourth-order valence-corrected chi connectivity index (χ4v) is 2.40. The van der Waals surface area contributed by atoms with Gasteiger partial charge in [0.05, 0.1) is 0 Å². The Kier molecular flexibility index (Phi) is 5.04. The molecule has 0 N–H and O–H groups in total. The van der Waals surface area contributed by atoms with Gasteiger partial charge in [0.1, 0.15) is 0 Å². The highest BCUT2D eigenvalue weighted by Crippen LogP contribution is 2.29. The van der Waals surface area contributed by atoms with Gasteiger partial charge in [-0.2, -0.15) is 0 Å². The summed E-state index contributed by atoms with van der Waals surface area (Å²) in [6, 6.07) is 21.0. The number of hydrogen-bond acceptors (Lipinski definition) is 0. The molecule has 0 aromatic heterocycles. The van der Waals surface area contributed by atoms with E-state index in [0.29, 0.717) is 5.92 Å². The molecule has 22 heavy (non-hydrogen) atoms. The van der Waals surface area contributed by atoms with E-state index in [0.717, 1.165) is 6.42 Å². The quantitative estimate of drug-likeness (QED) is 0.559. The molecule has 0 nitrogen and oxygen atoms in total. The molecule has 0 heteroatoms. The largest absolute Gasteiger partial charge is 0.0844 e. The van der Waals surface area contributed by atoms with Gasteiger partial charge in [0, 0.05) is 0 Å². The number of benzene rings is 2. The highest BCUT2D eigenvalue weighted by atomic mass is 14.2. The van der Waals surface area contributed by atoms with Crippen LogP contribution in [-0.2, 0) is 0 Å². The lowest BCUT2D eigenvalue weighted by Gasteiger charge is -2.04. The summed E-state index contributed by atoms with van der Waals surface area (Å²) in [6.07, 6.45) is 15.2. The summed E-state index contributed by atoms with van der Waals surface area (Å²) in [5.74, 6) is 0.452. The molecule has 0 amide bonds. The van der Waals surface area contributed by atoms with Crippen LogP contribution in [-0.4, -0.2) is 0 Å². The minimum absolute atomic E-state index is 0.452. The molecule has 0 saturated heterocycles. The summed E-state index contributed by atoms with van der Waals surface area (Å²) in [5.41, 5.74) is 4.14. The van der Waals surface area contributed by atoms with Crippen molar-refractivity contribution >= 4 is 12.2 Å². The van der Waals surface area contributed by atoms with Crippen molar-refractivity contribution in [3.63, 3.8) is 0 Å². The van der Waals surface area contributed by atoms with E-state index in [9.17, 15) is 0 Å². The van der Waals surface area contributed by atoms with Crippen molar-refractivity contribution in [3.05, 3.63) is 95.6 Å². The summed E-state index contributed by atoms with van der Waals surface area (Å²) in [5, 5.41) is 0. The van der Waals surface area contributed by atoms with Gasteiger partial charge in [-0.15, -0.1) is 0 Å². The summed E-state index contributed by atoms with van der Waals surface area (Å²) in [6.45, 7) is 0. The lowest BCUT2D eigenvalue weighted by molar-refractivity contribution is 0.838. The molecule has 1 saturated carbocycles. The molecular weight excluding hydrogens is 264 g/mol. The molecule has 0 bridgehead atoms. The lowest BCUT2D eigenvalue weighted by atomic mass is 10.0. The Hall–Kier alpha value is -2.34. The molecule has 0 aliphatic heterocycles. The summed E-state index contributed by atoms with van der Waals surface area (Å²) in [7, 11) is 0. The molecule has 1 fully saturated rings. The monoisotopic (exact) mass is 286 g/mol. The SMILES string of the molecule is C(=CC(C=Cc1ccccc1)CC=C1CC1)c1ccccc1. The van der Waals surface area contributed by atoms with Crippen LogP contribution in [0.25, 0.3) is 12.2 Å². The highest BCUT2D eigenvalue weighted by molar-refractivity contribution is 5.53. The molecule has 2 aromatic rings. The molecule has 3 rings (SSSR count). The van der Waals surface area contributed by atoms with Crippen molar-refractivity contribution in [1.82, 2.24) is 0 Å². The zero-order chi connectivity index (χ0) is 15.0. The van der Waals surface area contributed by atoms with Gasteiger partial charge in [0.25, 0.3) is 0 Å². The fourth-order valence-electron chi connectivity index (χ4n) is 2.40. The minimum Gasteiger partial charge on any atom is -0.0844 e. The van der Waals surface area contributed by atoms with Crippen molar-refractivity contribution in [1.29, 1.82) is 0 Å². The van der Waals surface area contributed by atoms with Crippen LogP contribution in [0.1, 0.15) is 30.4 Å². The second kappa shape index (κ2) is 7.61. The summed E-state index contributed by atoms with van der Waals surface area (Å²) in [4.78, 5) is 0. The van der Waals surface area contributed by atoms with Crippen LogP contribution in [0.3, 0.4) is 0 Å². The predicted molar refractivity (Wildman–Crippen MR) is 96.4 cm³/mol. The van der Waals surface area contributed by atoms with Crippen LogP contribution in [0.15, 0.2) is 84.5 Å². The van der Waals surface area contributed by atoms with E-state index in [1.54, 1.807) is 5.57 Å². The number of hydrogen-bond donors (Lipinski definition) is 0. The van der Waals surface area contributed by atoms with Crippen LogP contribution in [0.2, 0.25) is 0 Å². The number of rotatable bonds is 6. The van der Waals surface area contributed by atoms with E-state index in [-0.39, 0.29) is 0 Å². The van der Waals surface area contributed by atoms with E-state index in [1.165, 1.54) is 24.0 Å². The van der Waals surface area contributed by atoms with E-state index in [4.69, 9.17) is 0 Å². The van der Waals surface area contributed by atoms with Crippen LogP contribution in [0.5, 0.6) is 0 Å². The van der Waals surface area contributed by atoms with E-state index >= 15 is 0 Å². The molecule has 0 spiro atoms. The van der Waals surface area contributed by atoms with Crippen LogP contribution >= 0.6 is 0 Å². The maximum absolute atomic E-state index is 2.41. The molecule has 0 unspecified atom stereocenters. The average Bonchev–Trinajstić information content (AvgIpc) is 3.40. The van der Waals surface area contributed by atoms with Crippen molar-refractivity contribution in [2.24, 2.45) is 5.92 Å². The molecular formula is C22H22. The van der Waals surface area contributed by atoms with E-state index in [1.807, 2.05) is 0 Å². The van der Waals surface area contributed by atoms with Gasteiger partial charge < -0.3 is 0 Å². The van der Waals surface area contributed by atoms with Gasteiger partial charge in [-0.1, -0.05) is 96.6 Å². The first kappa shape index (κ1) is 14.6. The predicted octanol–water partition coefficient (Wildman–Crippen LogP) is 6.14. The Morgan fingerprint density at radius 1 is 0.727 bits per heavy atom. The van der Waals surface area contributed by atoms with Gasteiger partial charge in [0.2, 0.25) is 0 Å². The first-order valence-corrected chi connectivity index (χ1v) is 8.04. The van der Waals surface area contributed by atoms with Gasteiger partial charge in [0.15, 0.2) is 0 Å². The Bertz CT molecular complexity index is 604. The third-order valence-corrected chi connectivity index (χ3v) is 3.89.